The second-order valence-electron chi connectivity index (χ2n) is 30.9. The highest BCUT2D eigenvalue weighted by molar-refractivity contribution is 7.47. The van der Waals surface area contributed by atoms with Gasteiger partial charge in [0.05, 0.1) is 26.4 Å². The molecule has 0 heterocycles. The third-order valence-electron chi connectivity index (χ3n) is 20.1. The molecule has 0 saturated carbocycles. The van der Waals surface area contributed by atoms with Gasteiger partial charge < -0.3 is 33.8 Å². The lowest BCUT2D eigenvalue weighted by Gasteiger charge is -2.21. The summed E-state index contributed by atoms with van der Waals surface area (Å²) < 4.78 is 68.7. The number of phosphoric acid groups is 2. The molecule has 0 aliphatic heterocycles. The van der Waals surface area contributed by atoms with Crippen molar-refractivity contribution >= 4 is 39.5 Å². The molecule has 0 amide bonds. The van der Waals surface area contributed by atoms with Crippen LogP contribution in [0.5, 0.6) is 0 Å². The molecule has 6 atom stereocenters. The van der Waals surface area contributed by atoms with E-state index >= 15 is 0 Å². The number of hydrogen-bond donors (Lipinski definition) is 3. The first-order valence-electron chi connectivity index (χ1n) is 43.5. The number of ether oxygens (including phenoxy) is 4. The molecule has 0 fully saturated rings. The minimum atomic E-state index is -4.96. The van der Waals surface area contributed by atoms with Crippen LogP contribution >= 0.6 is 15.6 Å². The average molecular weight is 1510 g/mol. The van der Waals surface area contributed by atoms with Gasteiger partial charge in [0.15, 0.2) is 12.2 Å². The lowest BCUT2D eigenvalue weighted by molar-refractivity contribution is -0.161. The molecule has 0 bridgehead atoms. The van der Waals surface area contributed by atoms with E-state index in [0.29, 0.717) is 25.7 Å². The van der Waals surface area contributed by atoms with Gasteiger partial charge in [-0.05, 0) is 37.5 Å². The van der Waals surface area contributed by atoms with E-state index < -0.39 is 97.5 Å². The monoisotopic (exact) mass is 1510 g/mol. The van der Waals surface area contributed by atoms with Crippen LogP contribution in [0.2, 0.25) is 0 Å². The third kappa shape index (κ3) is 76.6. The summed E-state index contributed by atoms with van der Waals surface area (Å²) in [6, 6.07) is 0. The highest BCUT2D eigenvalue weighted by Gasteiger charge is 2.30. The van der Waals surface area contributed by atoms with Crippen molar-refractivity contribution < 1.29 is 80.2 Å². The van der Waals surface area contributed by atoms with E-state index in [-0.39, 0.29) is 25.7 Å². The Morgan fingerprint density at radius 2 is 0.495 bits per heavy atom. The van der Waals surface area contributed by atoms with Crippen LogP contribution in [0.3, 0.4) is 0 Å². The van der Waals surface area contributed by atoms with Gasteiger partial charge in [-0.2, -0.15) is 0 Å². The molecule has 0 aliphatic rings. The van der Waals surface area contributed by atoms with Crippen LogP contribution in [0.25, 0.3) is 0 Å². The molecule has 0 aromatic carbocycles. The first-order valence-corrected chi connectivity index (χ1v) is 46.5. The summed E-state index contributed by atoms with van der Waals surface area (Å²) in [5, 5.41) is 10.6. The number of unbranched alkanes of at least 4 members (excludes halogenated alkanes) is 52. The van der Waals surface area contributed by atoms with Crippen LogP contribution in [0, 0.1) is 11.8 Å². The Balaban J connectivity index is 5.19. The van der Waals surface area contributed by atoms with E-state index in [1.54, 1.807) is 0 Å². The van der Waals surface area contributed by atoms with Crippen molar-refractivity contribution in [3.8, 4) is 0 Å². The van der Waals surface area contributed by atoms with E-state index in [1.807, 2.05) is 0 Å². The largest absolute Gasteiger partial charge is 0.472 e. The molecular weight excluding hydrogens is 1340 g/mol. The van der Waals surface area contributed by atoms with Crippen molar-refractivity contribution in [3.63, 3.8) is 0 Å². The maximum absolute atomic E-state index is 13.1. The summed E-state index contributed by atoms with van der Waals surface area (Å²) in [5.74, 6) is -0.422. The highest BCUT2D eigenvalue weighted by atomic mass is 31.2. The molecule has 612 valence electrons. The molecule has 3 N–H and O–H groups in total. The number of esters is 4. The number of carbonyl (C=O) groups excluding carboxylic acids is 4. The fourth-order valence-corrected chi connectivity index (χ4v) is 14.6. The van der Waals surface area contributed by atoms with Gasteiger partial charge in [-0.25, -0.2) is 9.13 Å². The third-order valence-corrected chi connectivity index (χ3v) is 22.0. The second-order valence-corrected chi connectivity index (χ2v) is 33.8. The average Bonchev–Trinajstić information content (AvgIpc) is 0.912. The maximum atomic E-state index is 13.1. The van der Waals surface area contributed by atoms with Crippen LogP contribution in [-0.2, 0) is 65.4 Å². The molecule has 0 rings (SSSR count). The van der Waals surface area contributed by atoms with Crippen LogP contribution in [0.1, 0.15) is 446 Å². The van der Waals surface area contributed by atoms with Crippen molar-refractivity contribution in [2.45, 2.75) is 464 Å². The van der Waals surface area contributed by atoms with E-state index in [0.717, 1.165) is 102 Å². The molecule has 0 radical (unpaired) electrons. The van der Waals surface area contributed by atoms with Gasteiger partial charge in [0, 0.05) is 25.7 Å². The van der Waals surface area contributed by atoms with Gasteiger partial charge in [0.1, 0.15) is 19.3 Å². The zero-order chi connectivity index (χ0) is 75.6. The Bertz CT molecular complexity index is 1980. The number of aliphatic hydroxyl groups is 1. The van der Waals surface area contributed by atoms with Gasteiger partial charge in [0.2, 0.25) is 0 Å². The lowest BCUT2D eigenvalue weighted by atomic mass is 9.99. The summed E-state index contributed by atoms with van der Waals surface area (Å²) in [4.78, 5) is 73.0. The van der Waals surface area contributed by atoms with Crippen molar-refractivity contribution in [2.24, 2.45) is 11.8 Å². The number of carbonyl (C=O) groups is 4. The lowest BCUT2D eigenvalue weighted by Crippen LogP contribution is -2.30. The van der Waals surface area contributed by atoms with Gasteiger partial charge in [0.25, 0.3) is 0 Å². The molecule has 17 nitrogen and oxygen atoms in total. The summed E-state index contributed by atoms with van der Waals surface area (Å²) in [7, 11) is -9.92. The Morgan fingerprint density at radius 3 is 0.738 bits per heavy atom. The quantitative estimate of drug-likeness (QED) is 0.0222. The minimum Gasteiger partial charge on any atom is -0.462 e. The zero-order valence-electron chi connectivity index (χ0n) is 67.6. The smallest absolute Gasteiger partial charge is 0.462 e. The number of rotatable bonds is 83. The first kappa shape index (κ1) is 101. The van der Waals surface area contributed by atoms with Gasteiger partial charge in [-0.1, -0.05) is 395 Å². The summed E-state index contributed by atoms with van der Waals surface area (Å²) >= 11 is 0. The maximum Gasteiger partial charge on any atom is 0.472 e. The van der Waals surface area contributed by atoms with Crippen LogP contribution in [0.15, 0.2) is 0 Å². The highest BCUT2D eigenvalue weighted by Crippen LogP contribution is 2.45. The second kappa shape index (κ2) is 75.5. The Hall–Kier alpha value is -1.94. The molecule has 3 unspecified atom stereocenters. The van der Waals surface area contributed by atoms with Crippen molar-refractivity contribution in [1.82, 2.24) is 0 Å². The van der Waals surface area contributed by atoms with E-state index in [2.05, 4.69) is 41.5 Å². The molecule has 0 aromatic heterocycles. The molecular formula is C84H164O17P2. The minimum absolute atomic E-state index is 0.108. The predicted octanol–water partition coefficient (Wildman–Crippen LogP) is 25.5. The van der Waals surface area contributed by atoms with Crippen LogP contribution < -0.4 is 0 Å². The van der Waals surface area contributed by atoms with E-state index in [4.69, 9.17) is 37.0 Å². The topological polar surface area (TPSA) is 237 Å². The Labute approximate surface area is 632 Å². The number of hydrogen-bond acceptors (Lipinski definition) is 15. The predicted molar refractivity (Wildman–Crippen MR) is 423 cm³/mol. The summed E-state index contributed by atoms with van der Waals surface area (Å²) in [6.45, 7) is 9.74. The standard InChI is InChI=1S/C84H164O17P2/c1-7-10-12-14-16-18-19-30-38-44-50-56-62-68-83(88)100-79(72-94-81(86)66-60-54-48-40-17-15-13-11-8-2)74-98-102(90,91)96-70-78(85)71-97-103(92,93)99-75-80(73-95-82(87)67-61-55-49-43-37-33-28-25-24-26-31-35-41-46-52-58-64-76(4)5)101-84(89)69-63-57-51-45-39-34-29-23-21-20-22-27-32-36-42-47-53-59-65-77(6)9-3/h76-80,85H,7-75H2,1-6H3,(H,90,91)(H,92,93)/t77?,78-,79+,80+/m0/s1. The van der Waals surface area contributed by atoms with Crippen LogP contribution in [0.4, 0.5) is 0 Å². The van der Waals surface area contributed by atoms with E-state index in [9.17, 15) is 43.2 Å². The Morgan fingerprint density at radius 1 is 0.282 bits per heavy atom. The molecule has 0 saturated heterocycles. The first-order chi connectivity index (χ1) is 49.9. The summed E-state index contributed by atoms with van der Waals surface area (Å²) in [5.41, 5.74) is 0. The molecule has 0 aromatic rings. The van der Waals surface area contributed by atoms with Crippen molar-refractivity contribution in [3.05, 3.63) is 0 Å². The zero-order valence-corrected chi connectivity index (χ0v) is 69.4. The summed E-state index contributed by atoms with van der Waals surface area (Å²) in [6.07, 6.45) is 66.6. The fraction of sp³-hybridized carbons (Fsp3) is 0.952. The van der Waals surface area contributed by atoms with Crippen molar-refractivity contribution in [2.75, 3.05) is 39.6 Å². The number of aliphatic hydroxyl groups excluding tert-OH is 1. The van der Waals surface area contributed by atoms with E-state index in [1.165, 1.54) is 263 Å². The van der Waals surface area contributed by atoms with Gasteiger partial charge in [-0.15, -0.1) is 0 Å². The SMILES string of the molecule is CCCCCCCCCCCCCCCC(=O)O[C@H](COC(=O)CCCCCCCCCCC)COP(=O)(O)OC[C@H](O)COP(=O)(O)OC[C@@H](COC(=O)CCCCCCCCCCCCCCCCCCC(C)C)OC(=O)CCCCCCCCCCCCCCCCCCCCC(C)CC. The van der Waals surface area contributed by atoms with Gasteiger partial charge in [-0.3, -0.25) is 37.3 Å². The molecule has 0 aliphatic carbocycles. The van der Waals surface area contributed by atoms with Crippen LogP contribution in [-0.4, -0.2) is 96.7 Å². The molecule has 0 spiro atoms. The normalized spacial score (nSPS) is 14.1. The van der Waals surface area contributed by atoms with Crippen molar-refractivity contribution in [1.29, 1.82) is 0 Å². The molecule has 103 heavy (non-hydrogen) atoms. The fourth-order valence-electron chi connectivity index (χ4n) is 13.0. The molecule has 19 heteroatoms. The number of phosphoric ester groups is 2. The van der Waals surface area contributed by atoms with Gasteiger partial charge >= 0.3 is 39.5 Å². The Kier molecular flexibility index (Phi) is 74.1.